The summed E-state index contributed by atoms with van der Waals surface area (Å²) in [6.45, 7) is 6.24. The van der Waals surface area contributed by atoms with E-state index in [4.69, 9.17) is 10.3 Å². The Bertz CT molecular complexity index is 314. The Morgan fingerprint density at radius 2 is 2.36 bits per heavy atom. The Balaban J connectivity index is 2.36. The third kappa shape index (κ3) is 1.28. The predicted molar refractivity (Wildman–Crippen MR) is 52.7 cm³/mol. The normalized spacial score (nSPS) is 27.4. The van der Waals surface area contributed by atoms with Crippen molar-refractivity contribution >= 4 is 5.95 Å². The average molecular weight is 196 g/mol. The molecule has 5 heteroatoms. The van der Waals surface area contributed by atoms with Crippen molar-refractivity contribution in [3.8, 4) is 0 Å². The van der Waals surface area contributed by atoms with Crippen molar-refractivity contribution in [1.82, 2.24) is 15.5 Å². The standard InChI is InChI=1S/C9H16N4O/c1-6(2)9(3-4-11-5-9)7-12-8(10)13-14-7/h6,11H,3-5H2,1-2H3,(H2,10,13). The van der Waals surface area contributed by atoms with Crippen molar-refractivity contribution in [1.29, 1.82) is 0 Å². The molecule has 1 aromatic heterocycles. The summed E-state index contributed by atoms with van der Waals surface area (Å²) in [6, 6.07) is 0. The molecule has 1 aliphatic rings. The summed E-state index contributed by atoms with van der Waals surface area (Å²) < 4.78 is 5.19. The molecule has 78 valence electrons. The minimum atomic E-state index is -0.0232. The molecule has 1 fully saturated rings. The second-order valence-electron chi connectivity index (χ2n) is 4.20. The molecule has 1 unspecified atom stereocenters. The van der Waals surface area contributed by atoms with Gasteiger partial charge >= 0.3 is 0 Å². The van der Waals surface area contributed by atoms with Gasteiger partial charge in [-0.3, -0.25) is 0 Å². The molecule has 14 heavy (non-hydrogen) atoms. The van der Waals surface area contributed by atoms with E-state index in [1.54, 1.807) is 0 Å². The van der Waals surface area contributed by atoms with Crippen molar-refractivity contribution in [3.63, 3.8) is 0 Å². The van der Waals surface area contributed by atoms with Crippen LogP contribution >= 0.6 is 0 Å². The second kappa shape index (κ2) is 3.24. The maximum absolute atomic E-state index is 5.47. The quantitative estimate of drug-likeness (QED) is 0.722. The van der Waals surface area contributed by atoms with Crippen molar-refractivity contribution in [2.75, 3.05) is 18.8 Å². The average Bonchev–Trinajstić information content (AvgIpc) is 2.71. The van der Waals surface area contributed by atoms with Crippen LogP contribution in [0.1, 0.15) is 26.2 Å². The first-order valence-corrected chi connectivity index (χ1v) is 4.95. The molecule has 1 atom stereocenters. The lowest BCUT2D eigenvalue weighted by Gasteiger charge is -2.27. The highest BCUT2D eigenvalue weighted by atomic mass is 16.5. The van der Waals surface area contributed by atoms with Gasteiger partial charge in [-0.05, 0) is 24.0 Å². The molecule has 0 bridgehead atoms. The lowest BCUT2D eigenvalue weighted by molar-refractivity contribution is 0.234. The van der Waals surface area contributed by atoms with E-state index in [1.165, 1.54) is 0 Å². The largest absolute Gasteiger partial charge is 0.365 e. The van der Waals surface area contributed by atoms with E-state index in [0.29, 0.717) is 11.8 Å². The van der Waals surface area contributed by atoms with Crippen molar-refractivity contribution in [3.05, 3.63) is 5.89 Å². The van der Waals surface area contributed by atoms with E-state index in [1.807, 2.05) is 0 Å². The predicted octanol–water partition coefficient (Wildman–Crippen LogP) is 0.539. The zero-order valence-electron chi connectivity index (χ0n) is 8.58. The van der Waals surface area contributed by atoms with E-state index < -0.39 is 0 Å². The van der Waals surface area contributed by atoms with Gasteiger partial charge in [-0.15, -0.1) is 0 Å². The highest BCUT2D eigenvalue weighted by Gasteiger charge is 2.43. The monoisotopic (exact) mass is 196 g/mol. The van der Waals surface area contributed by atoms with Crippen LogP contribution in [0.4, 0.5) is 5.95 Å². The van der Waals surface area contributed by atoms with Crippen LogP contribution in [-0.4, -0.2) is 23.2 Å². The fourth-order valence-electron chi connectivity index (χ4n) is 2.07. The fraction of sp³-hybridized carbons (Fsp3) is 0.778. The number of aromatic nitrogens is 2. The number of nitrogen functional groups attached to an aromatic ring is 1. The molecule has 0 amide bonds. The van der Waals surface area contributed by atoms with Gasteiger partial charge in [-0.2, -0.15) is 4.98 Å². The van der Waals surface area contributed by atoms with Gasteiger partial charge in [0, 0.05) is 6.54 Å². The van der Waals surface area contributed by atoms with Gasteiger partial charge < -0.3 is 15.6 Å². The van der Waals surface area contributed by atoms with Gasteiger partial charge in [0.2, 0.25) is 5.89 Å². The highest BCUT2D eigenvalue weighted by molar-refractivity contribution is 5.18. The van der Waals surface area contributed by atoms with Crippen molar-refractivity contribution in [2.45, 2.75) is 25.7 Å². The first-order valence-electron chi connectivity index (χ1n) is 4.95. The maximum Gasteiger partial charge on any atom is 0.260 e. The number of anilines is 1. The number of nitrogens with zero attached hydrogens (tertiary/aromatic N) is 2. The molecular weight excluding hydrogens is 180 g/mol. The van der Waals surface area contributed by atoms with Crippen LogP contribution in [0.25, 0.3) is 0 Å². The van der Waals surface area contributed by atoms with Crippen LogP contribution in [0.5, 0.6) is 0 Å². The zero-order valence-corrected chi connectivity index (χ0v) is 8.58. The van der Waals surface area contributed by atoms with E-state index in [-0.39, 0.29) is 11.4 Å². The van der Waals surface area contributed by atoms with Crippen LogP contribution in [0.3, 0.4) is 0 Å². The first-order chi connectivity index (χ1) is 6.65. The third-order valence-corrected chi connectivity index (χ3v) is 3.16. The van der Waals surface area contributed by atoms with Crippen molar-refractivity contribution in [2.24, 2.45) is 5.92 Å². The summed E-state index contributed by atoms with van der Waals surface area (Å²) in [5, 5.41) is 6.99. The molecule has 2 rings (SSSR count). The summed E-state index contributed by atoms with van der Waals surface area (Å²) in [5.74, 6) is 1.37. The van der Waals surface area contributed by atoms with Gasteiger partial charge in [0.15, 0.2) is 0 Å². The molecule has 1 saturated heterocycles. The van der Waals surface area contributed by atoms with Crippen LogP contribution in [0.2, 0.25) is 0 Å². The Hall–Kier alpha value is -1.10. The molecular formula is C9H16N4O. The van der Waals surface area contributed by atoms with Crippen LogP contribution in [0.15, 0.2) is 4.52 Å². The lowest BCUT2D eigenvalue weighted by atomic mass is 9.76. The SMILES string of the molecule is CC(C)C1(c2nc(N)no2)CCNC1. The van der Waals surface area contributed by atoms with Crippen LogP contribution < -0.4 is 11.1 Å². The van der Waals surface area contributed by atoms with Crippen LogP contribution in [0, 0.1) is 5.92 Å². The summed E-state index contributed by atoms with van der Waals surface area (Å²) in [4.78, 5) is 4.15. The molecule has 0 aliphatic carbocycles. The summed E-state index contributed by atoms with van der Waals surface area (Å²) in [7, 11) is 0. The van der Waals surface area contributed by atoms with E-state index >= 15 is 0 Å². The maximum atomic E-state index is 5.47. The Kier molecular flexibility index (Phi) is 2.19. The van der Waals surface area contributed by atoms with Crippen molar-refractivity contribution < 1.29 is 4.52 Å². The number of nitrogens with two attached hydrogens (primary N) is 1. The minimum Gasteiger partial charge on any atom is -0.365 e. The summed E-state index contributed by atoms with van der Waals surface area (Å²) in [6.07, 6.45) is 1.03. The molecule has 1 aliphatic heterocycles. The molecule has 0 radical (unpaired) electrons. The lowest BCUT2D eigenvalue weighted by Crippen LogP contribution is -2.35. The molecule has 0 saturated carbocycles. The van der Waals surface area contributed by atoms with Gasteiger partial charge in [-0.1, -0.05) is 13.8 Å². The molecule has 5 nitrogen and oxygen atoms in total. The van der Waals surface area contributed by atoms with Gasteiger partial charge in [0.25, 0.3) is 5.95 Å². The van der Waals surface area contributed by atoms with E-state index in [0.717, 1.165) is 19.5 Å². The fourth-order valence-corrected chi connectivity index (χ4v) is 2.07. The topological polar surface area (TPSA) is 77.0 Å². The van der Waals surface area contributed by atoms with Gasteiger partial charge in [0.1, 0.15) is 0 Å². The molecule has 2 heterocycles. The first kappa shape index (κ1) is 9.45. The molecule has 0 spiro atoms. The number of hydrogen-bond acceptors (Lipinski definition) is 5. The minimum absolute atomic E-state index is 0.0232. The Morgan fingerprint density at radius 1 is 1.57 bits per heavy atom. The third-order valence-electron chi connectivity index (χ3n) is 3.16. The summed E-state index contributed by atoms with van der Waals surface area (Å²) >= 11 is 0. The molecule has 1 aromatic rings. The van der Waals surface area contributed by atoms with Gasteiger partial charge in [-0.25, -0.2) is 0 Å². The smallest absolute Gasteiger partial charge is 0.260 e. The molecule has 3 N–H and O–H groups in total. The highest BCUT2D eigenvalue weighted by Crippen LogP contribution is 2.36. The second-order valence-corrected chi connectivity index (χ2v) is 4.20. The Morgan fingerprint density at radius 3 is 2.79 bits per heavy atom. The van der Waals surface area contributed by atoms with Gasteiger partial charge in [0.05, 0.1) is 5.41 Å². The number of hydrogen-bond donors (Lipinski definition) is 2. The summed E-state index contributed by atoms with van der Waals surface area (Å²) in [5.41, 5.74) is 5.45. The van der Waals surface area contributed by atoms with Crippen LogP contribution in [-0.2, 0) is 5.41 Å². The number of rotatable bonds is 2. The number of nitrogens with one attached hydrogen (secondary N) is 1. The Labute approximate surface area is 83.1 Å². The van der Waals surface area contributed by atoms with E-state index in [2.05, 4.69) is 29.3 Å². The van der Waals surface area contributed by atoms with E-state index in [9.17, 15) is 0 Å². The zero-order chi connectivity index (χ0) is 10.2. The molecule has 0 aromatic carbocycles.